The van der Waals surface area contributed by atoms with Gasteiger partial charge in [-0.05, 0) is 13.8 Å². The van der Waals surface area contributed by atoms with Gasteiger partial charge in [0.25, 0.3) is 0 Å². The Kier molecular flexibility index (Phi) is 7.56. The predicted molar refractivity (Wildman–Crippen MR) is 96.9 cm³/mol. The van der Waals surface area contributed by atoms with E-state index in [1.54, 1.807) is 11.3 Å². The lowest BCUT2D eigenvalue weighted by atomic mass is 10.2. The number of ether oxygens (including phenoxy) is 1. The summed E-state index contributed by atoms with van der Waals surface area (Å²) in [5.74, 6) is 0.793. The van der Waals surface area contributed by atoms with Gasteiger partial charge >= 0.3 is 0 Å². The molecule has 23 heavy (non-hydrogen) atoms. The molecule has 0 atom stereocenters. The van der Waals surface area contributed by atoms with Crippen molar-refractivity contribution >= 4 is 17.3 Å². The number of nitrogens with zero attached hydrogens (tertiary/aromatic N) is 2. The van der Waals surface area contributed by atoms with Crippen LogP contribution in [0.3, 0.4) is 0 Å². The van der Waals surface area contributed by atoms with Crippen LogP contribution < -0.4 is 10.6 Å². The van der Waals surface area contributed by atoms with Crippen molar-refractivity contribution in [1.82, 2.24) is 15.6 Å². The van der Waals surface area contributed by atoms with Crippen LogP contribution >= 0.6 is 11.3 Å². The van der Waals surface area contributed by atoms with Crippen LogP contribution in [0.2, 0.25) is 0 Å². The molecule has 0 aliphatic heterocycles. The van der Waals surface area contributed by atoms with Gasteiger partial charge in [0.1, 0.15) is 5.01 Å². The monoisotopic (exact) mass is 332 g/mol. The number of hydrogen-bond acceptors (Lipinski definition) is 4. The third kappa shape index (κ3) is 6.00. The molecular weight excluding hydrogens is 308 g/mol. The molecule has 0 fully saturated rings. The molecule has 2 rings (SSSR count). The van der Waals surface area contributed by atoms with Gasteiger partial charge in [0.2, 0.25) is 0 Å². The zero-order valence-corrected chi connectivity index (χ0v) is 14.5. The minimum atomic E-state index is 0.563. The SMILES string of the molecule is CCNC(=NCc1csc(-c2ccccc2)n1)NCCOCC. The summed E-state index contributed by atoms with van der Waals surface area (Å²) in [4.78, 5) is 9.22. The summed E-state index contributed by atoms with van der Waals surface area (Å²) >= 11 is 1.65. The first-order chi connectivity index (χ1) is 11.3. The molecule has 0 amide bonds. The second-order valence-corrected chi connectivity index (χ2v) is 5.69. The number of aliphatic imine (C=N–C) groups is 1. The molecule has 1 heterocycles. The molecular formula is C17H24N4OS. The van der Waals surface area contributed by atoms with Gasteiger partial charge in [-0.3, -0.25) is 0 Å². The first kappa shape index (κ1) is 17.4. The van der Waals surface area contributed by atoms with Gasteiger partial charge < -0.3 is 15.4 Å². The van der Waals surface area contributed by atoms with Gasteiger partial charge in [-0.2, -0.15) is 0 Å². The molecule has 1 aromatic carbocycles. The Labute approximate surface area is 141 Å². The summed E-state index contributed by atoms with van der Waals surface area (Å²) in [7, 11) is 0. The van der Waals surface area contributed by atoms with Crippen LogP contribution in [0.25, 0.3) is 10.6 Å². The number of hydrogen-bond donors (Lipinski definition) is 2. The predicted octanol–water partition coefficient (Wildman–Crippen LogP) is 2.90. The molecule has 6 heteroatoms. The molecule has 2 aromatic rings. The summed E-state index contributed by atoms with van der Waals surface area (Å²) in [6, 6.07) is 10.2. The van der Waals surface area contributed by atoms with Crippen LogP contribution in [0.1, 0.15) is 19.5 Å². The van der Waals surface area contributed by atoms with E-state index in [9.17, 15) is 0 Å². The second kappa shape index (κ2) is 9.97. The Morgan fingerprint density at radius 1 is 1.22 bits per heavy atom. The van der Waals surface area contributed by atoms with Crippen molar-refractivity contribution in [2.45, 2.75) is 20.4 Å². The van der Waals surface area contributed by atoms with Crippen molar-refractivity contribution < 1.29 is 4.74 Å². The summed E-state index contributed by atoms with van der Waals surface area (Å²) in [6.45, 7) is 7.58. The van der Waals surface area contributed by atoms with E-state index in [-0.39, 0.29) is 0 Å². The number of benzene rings is 1. The highest BCUT2D eigenvalue weighted by atomic mass is 32.1. The lowest BCUT2D eigenvalue weighted by Crippen LogP contribution is -2.39. The summed E-state index contributed by atoms with van der Waals surface area (Å²) < 4.78 is 5.32. The third-order valence-electron chi connectivity index (χ3n) is 3.06. The molecule has 5 nitrogen and oxygen atoms in total. The van der Waals surface area contributed by atoms with E-state index in [1.807, 2.05) is 25.1 Å². The smallest absolute Gasteiger partial charge is 0.191 e. The topological polar surface area (TPSA) is 58.5 Å². The zero-order chi connectivity index (χ0) is 16.3. The molecule has 0 saturated heterocycles. The average molecular weight is 332 g/mol. The molecule has 0 saturated carbocycles. The summed E-state index contributed by atoms with van der Waals surface area (Å²) in [6.07, 6.45) is 0. The molecule has 0 unspecified atom stereocenters. The van der Waals surface area contributed by atoms with E-state index in [4.69, 9.17) is 4.74 Å². The maximum absolute atomic E-state index is 5.32. The summed E-state index contributed by atoms with van der Waals surface area (Å²) in [5.41, 5.74) is 2.13. The molecule has 124 valence electrons. The van der Waals surface area contributed by atoms with Crippen LogP contribution in [0.15, 0.2) is 40.7 Å². The van der Waals surface area contributed by atoms with Crippen molar-refractivity contribution in [2.24, 2.45) is 4.99 Å². The minimum absolute atomic E-state index is 0.563. The molecule has 2 N–H and O–H groups in total. The normalized spacial score (nSPS) is 11.5. The van der Waals surface area contributed by atoms with Crippen molar-refractivity contribution in [2.75, 3.05) is 26.3 Å². The zero-order valence-electron chi connectivity index (χ0n) is 13.7. The number of guanidine groups is 1. The van der Waals surface area contributed by atoms with E-state index in [0.717, 1.165) is 41.9 Å². The highest BCUT2D eigenvalue weighted by Crippen LogP contribution is 2.23. The van der Waals surface area contributed by atoms with Crippen molar-refractivity contribution in [1.29, 1.82) is 0 Å². The van der Waals surface area contributed by atoms with Gasteiger partial charge in [-0.15, -0.1) is 11.3 Å². The molecule has 0 bridgehead atoms. The highest BCUT2D eigenvalue weighted by molar-refractivity contribution is 7.13. The van der Waals surface area contributed by atoms with Gasteiger partial charge in [0.15, 0.2) is 5.96 Å². The van der Waals surface area contributed by atoms with E-state index in [0.29, 0.717) is 13.2 Å². The Morgan fingerprint density at radius 3 is 2.78 bits per heavy atom. The largest absolute Gasteiger partial charge is 0.380 e. The van der Waals surface area contributed by atoms with Crippen LogP contribution in [0.4, 0.5) is 0 Å². The van der Waals surface area contributed by atoms with Crippen LogP contribution in [-0.2, 0) is 11.3 Å². The van der Waals surface area contributed by atoms with Gasteiger partial charge in [-0.1, -0.05) is 30.3 Å². The van der Waals surface area contributed by atoms with E-state index < -0.39 is 0 Å². The number of rotatable bonds is 8. The Morgan fingerprint density at radius 2 is 2.04 bits per heavy atom. The summed E-state index contributed by atoms with van der Waals surface area (Å²) in [5, 5.41) is 9.58. The number of nitrogens with one attached hydrogen (secondary N) is 2. The first-order valence-electron chi connectivity index (χ1n) is 7.93. The van der Waals surface area contributed by atoms with E-state index in [2.05, 4.69) is 45.0 Å². The van der Waals surface area contributed by atoms with Crippen LogP contribution in [0.5, 0.6) is 0 Å². The Bertz CT molecular complexity index is 598. The van der Waals surface area contributed by atoms with Crippen LogP contribution in [0, 0.1) is 0 Å². The standard InChI is InChI=1S/C17H24N4OS/c1-3-18-17(19-10-11-22-4-2)20-12-15-13-23-16(21-15)14-8-6-5-7-9-14/h5-9,13H,3-4,10-12H2,1-2H3,(H2,18,19,20). The number of aromatic nitrogens is 1. The molecule has 0 radical (unpaired) electrons. The first-order valence-corrected chi connectivity index (χ1v) is 8.81. The van der Waals surface area contributed by atoms with Crippen molar-refractivity contribution in [3.8, 4) is 10.6 Å². The fraction of sp³-hybridized carbons (Fsp3) is 0.412. The van der Waals surface area contributed by atoms with Crippen molar-refractivity contribution in [3.05, 3.63) is 41.4 Å². The van der Waals surface area contributed by atoms with Gasteiger partial charge in [0, 0.05) is 30.6 Å². The molecule has 0 aliphatic rings. The second-order valence-electron chi connectivity index (χ2n) is 4.83. The van der Waals surface area contributed by atoms with Crippen molar-refractivity contribution in [3.63, 3.8) is 0 Å². The average Bonchev–Trinajstić information content (AvgIpc) is 3.06. The van der Waals surface area contributed by atoms with E-state index >= 15 is 0 Å². The minimum Gasteiger partial charge on any atom is -0.380 e. The van der Waals surface area contributed by atoms with Crippen LogP contribution in [-0.4, -0.2) is 37.2 Å². The Hall–Kier alpha value is -1.92. The third-order valence-corrected chi connectivity index (χ3v) is 4.00. The lowest BCUT2D eigenvalue weighted by Gasteiger charge is -2.10. The number of thiazole rings is 1. The molecule has 0 spiro atoms. The maximum atomic E-state index is 5.32. The van der Waals surface area contributed by atoms with E-state index in [1.165, 1.54) is 0 Å². The van der Waals surface area contributed by atoms with Gasteiger partial charge in [-0.25, -0.2) is 9.98 Å². The Balaban J connectivity index is 1.92. The fourth-order valence-corrected chi connectivity index (χ4v) is 2.80. The fourth-order valence-electron chi connectivity index (χ4n) is 1.98. The maximum Gasteiger partial charge on any atom is 0.191 e. The molecule has 1 aromatic heterocycles. The molecule has 0 aliphatic carbocycles. The quantitative estimate of drug-likeness (QED) is 0.443. The highest BCUT2D eigenvalue weighted by Gasteiger charge is 2.04. The lowest BCUT2D eigenvalue weighted by molar-refractivity contribution is 0.152. The van der Waals surface area contributed by atoms with Gasteiger partial charge in [0.05, 0.1) is 18.8 Å².